The van der Waals surface area contributed by atoms with E-state index in [0.29, 0.717) is 0 Å². The Morgan fingerprint density at radius 1 is 1.28 bits per heavy atom. The molecular formula is C15H20N2S. The van der Waals surface area contributed by atoms with Gasteiger partial charge in [0.2, 0.25) is 0 Å². The molecule has 0 fully saturated rings. The van der Waals surface area contributed by atoms with Crippen LogP contribution in [-0.4, -0.2) is 11.5 Å². The minimum Gasteiger partial charge on any atom is -0.311 e. The molecule has 0 aliphatic heterocycles. The van der Waals surface area contributed by atoms with E-state index in [1.165, 1.54) is 21.8 Å². The standard InChI is InChI=1S/C15H20N2S/c1-3-15-17-14(11-18-15)10-16-9-8-13-7-5-4-6-12(13)2/h4-7,11,16H,3,8-10H2,1-2H3. The molecule has 0 atom stereocenters. The van der Waals surface area contributed by atoms with Gasteiger partial charge in [-0.1, -0.05) is 31.2 Å². The van der Waals surface area contributed by atoms with Gasteiger partial charge in [0.15, 0.2) is 0 Å². The second-order valence-electron chi connectivity index (χ2n) is 4.44. The summed E-state index contributed by atoms with van der Waals surface area (Å²) < 4.78 is 0. The van der Waals surface area contributed by atoms with Crippen molar-refractivity contribution < 1.29 is 0 Å². The summed E-state index contributed by atoms with van der Waals surface area (Å²) in [4.78, 5) is 4.55. The maximum Gasteiger partial charge on any atom is 0.0926 e. The van der Waals surface area contributed by atoms with Crippen molar-refractivity contribution >= 4 is 11.3 Å². The molecule has 0 spiro atoms. The van der Waals surface area contributed by atoms with Crippen molar-refractivity contribution in [1.29, 1.82) is 0 Å². The van der Waals surface area contributed by atoms with E-state index in [1.54, 1.807) is 11.3 Å². The van der Waals surface area contributed by atoms with Crippen LogP contribution in [0.4, 0.5) is 0 Å². The van der Waals surface area contributed by atoms with Crippen LogP contribution in [0.1, 0.15) is 28.8 Å². The average molecular weight is 260 g/mol. The van der Waals surface area contributed by atoms with Gasteiger partial charge in [-0.05, 0) is 37.4 Å². The van der Waals surface area contributed by atoms with Gasteiger partial charge in [-0.2, -0.15) is 0 Å². The molecular weight excluding hydrogens is 240 g/mol. The molecule has 0 bridgehead atoms. The lowest BCUT2D eigenvalue weighted by atomic mass is 10.1. The van der Waals surface area contributed by atoms with E-state index in [1.807, 2.05) is 0 Å². The fourth-order valence-corrected chi connectivity index (χ4v) is 2.67. The number of aromatic nitrogens is 1. The van der Waals surface area contributed by atoms with Crippen molar-refractivity contribution in [2.45, 2.75) is 33.2 Å². The molecule has 3 heteroatoms. The van der Waals surface area contributed by atoms with Crippen molar-refractivity contribution in [2.75, 3.05) is 6.54 Å². The molecule has 1 aromatic heterocycles. The molecule has 18 heavy (non-hydrogen) atoms. The van der Waals surface area contributed by atoms with E-state index in [-0.39, 0.29) is 0 Å². The van der Waals surface area contributed by atoms with E-state index in [9.17, 15) is 0 Å². The summed E-state index contributed by atoms with van der Waals surface area (Å²) in [6.07, 6.45) is 2.12. The molecule has 1 heterocycles. The van der Waals surface area contributed by atoms with E-state index < -0.39 is 0 Å². The molecule has 2 nitrogen and oxygen atoms in total. The average Bonchev–Trinajstić information content (AvgIpc) is 2.84. The highest BCUT2D eigenvalue weighted by molar-refractivity contribution is 7.09. The Balaban J connectivity index is 1.74. The molecule has 0 unspecified atom stereocenters. The van der Waals surface area contributed by atoms with Crippen LogP contribution in [0.25, 0.3) is 0 Å². The Morgan fingerprint density at radius 3 is 2.83 bits per heavy atom. The van der Waals surface area contributed by atoms with Gasteiger partial charge < -0.3 is 5.32 Å². The fourth-order valence-electron chi connectivity index (χ4n) is 1.92. The summed E-state index contributed by atoms with van der Waals surface area (Å²) >= 11 is 1.76. The van der Waals surface area contributed by atoms with Gasteiger partial charge >= 0.3 is 0 Å². The molecule has 0 radical (unpaired) electrons. The molecule has 0 saturated carbocycles. The van der Waals surface area contributed by atoms with Crippen LogP contribution in [0.2, 0.25) is 0 Å². The lowest BCUT2D eigenvalue weighted by Crippen LogP contribution is -2.17. The summed E-state index contributed by atoms with van der Waals surface area (Å²) in [6.45, 7) is 6.20. The Labute approximate surface area is 113 Å². The SMILES string of the molecule is CCc1nc(CNCCc2ccccc2C)cs1. The number of hydrogen-bond donors (Lipinski definition) is 1. The van der Waals surface area contributed by atoms with Gasteiger partial charge in [0.25, 0.3) is 0 Å². The zero-order chi connectivity index (χ0) is 12.8. The summed E-state index contributed by atoms with van der Waals surface area (Å²) in [6, 6.07) is 8.57. The van der Waals surface area contributed by atoms with Crippen LogP contribution in [0.15, 0.2) is 29.6 Å². The second kappa shape index (κ2) is 6.66. The molecule has 1 aromatic carbocycles. The third kappa shape index (κ3) is 3.65. The third-order valence-electron chi connectivity index (χ3n) is 3.04. The summed E-state index contributed by atoms with van der Waals surface area (Å²) in [7, 11) is 0. The van der Waals surface area contributed by atoms with Crippen molar-refractivity contribution in [3.8, 4) is 0 Å². The normalized spacial score (nSPS) is 10.8. The van der Waals surface area contributed by atoms with Crippen molar-refractivity contribution in [3.63, 3.8) is 0 Å². The van der Waals surface area contributed by atoms with Crippen LogP contribution in [0.5, 0.6) is 0 Å². The Morgan fingerprint density at radius 2 is 2.11 bits per heavy atom. The van der Waals surface area contributed by atoms with Crippen LogP contribution >= 0.6 is 11.3 Å². The molecule has 0 aliphatic rings. The number of nitrogens with zero attached hydrogens (tertiary/aromatic N) is 1. The van der Waals surface area contributed by atoms with E-state index in [4.69, 9.17) is 0 Å². The molecule has 2 aromatic rings. The van der Waals surface area contributed by atoms with E-state index in [0.717, 1.165) is 25.9 Å². The smallest absolute Gasteiger partial charge is 0.0926 e. The first-order chi connectivity index (χ1) is 8.79. The first-order valence-electron chi connectivity index (χ1n) is 6.48. The van der Waals surface area contributed by atoms with Gasteiger partial charge in [-0.15, -0.1) is 11.3 Å². The van der Waals surface area contributed by atoms with Gasteiger partial charge in [0.1, 0.15) is 0 Å². The van der Waals surface area contributed by atoms with Crippen LogP contribution < -0.4 is 5.32 Å². The third-order valence-corrected chi connectivity index (χ3v) is 4.08. The first-order valence-corrected chi connectivity index (χ1v) is 7.36. The van der Waals surface area contributed by atoms with Crippen LogP contribution in [0, 0.1) is 6.92 Å². The first kappa shape index (κ1) is 13.2. The number of nitrogens with one attached hydrogen (secondary N) is 1. The number of rotatable bonds is 6. The zero-order valence-corrected chi connectivity index (χ0v) is 11.9. The van der Waals surface area contributed by atoms with Gasteiger partial charge in [-0.3, -0.25) is 0 Å². The fraction of sp³-hybridized carbons (Fsp3) is 0.400. The van der Waals surface area contributed by atoms with Gasteiger partial charge in [0.05, 0.1) is 10.7 Å². The van der Waals surface area contributed by atoms with Crippen molar-refractivity contribution in [2.24, 2.45) is 0 Å². The Hall–Kier alpha value is -1.19. The molecule has 1 N–H and O–H groups in total. The van der Waals surface area contributed by atoms with Crippen molar-refractivity contribution in [1.82, 2.24) is 10.3 Å². The lowest BCUT2D eigenvalue weighted by molar-refractivity contribution is 0.674. The number of thiazole rings is 1. The quantitative estimate of drug-likeness (QED) is 0.806. The summed E-state index contributed by atoms with van der Waals surface area (Å²) in [5, 5.41) is 6.84. The van der Waals surface area contributed by atoms with Crippen LogP contribution in [0.3, 0.4) is 0 Å². The number of benzene rings is 1. The Bertz CT molecular complexity index is 491. The molecule has 0 amide bonds. The summed E-state index contributed by atoms with van der Waals surface area (Å²) in [5.41, 5.74) is 3.97. The largest absolute Gasteiger partial charge is 0.311 e. The maximum atomic E-state index is 4.55. The van der Waals surface area contributed by atoms with Gasteiger partial charge in [-0.25, -0.2) is 4.98 Å². The highest BCUT2D eigenvalue weighted by Crippen LogP contribution is 2.10. The Kier molecular flexibility index (Phi) is 4.90. The second-order valence-corrected chi connectivity index (χ2v) is 5.38. The minimum absolute atomic E-state index is 0.877. The molecule has 0 saturated heterocycles. The lowest BCUT2D eigenvalue weighted by Gasteiger charge is -2.06. The van der Waals surface area contributed by atoms with Gasteiger partial charge in [0, 0.05) is 11.9 Å². The molecule has 0 aliphatic carbocycles. The highest BCUT2D eigenvalue weighted by Gasteiger charge is 2.00. The summed E-state index contributed by atoms with van der Waals surface area (Å²) in [5.74, 6) is 0. The van der Waals surface area contributed by atoms with Crippen LogP contribution in [-0.2, 0) is 19.4 Å². The molecule has 96 valence electrons. The number of hydrogen-bond acceptors (Lipinski definition) is 3. The topological polar surface area (TPSA) is 24.9 Å². The molecule has 2 rings (SSSR count). The maximum absolute atomic E-state index is 4.55. The number of aryl methyl sites for hydroxylation is 2. The van der Waals surface area contributed by atoms with Crippen molar-refractivity contribution in [3.05, 3.63) is 51.5 Å². The van der Waals surface area contributed by atoms with E-state index in [2.05, 4.69) is 53.8 Å². The predicted octanol–water partition coefficient (Wildman–Crippen LogP) is 3.35. The highest BCUT2D eigenvalue weighted by atomic mass is 32.1. The predicted molar refractivity (Wildman–Crippen MR) is 78.1 cm³/mol. The monoisotopic (exact) mass is 260 g/mol. The zero-order valence-electron chi connectivity index (χ0n) is 11.1. The minimum atomic E-state index is 0.877. The van der Waals surface area contributed by atoms with E-state index >= 15 is 0 Å².